The Morgan fingerprint density at radius 1 is 0.833 bits per heavy atom. The summed E-state index contributed by atoms with van der Waals surface area (Å²) in [4.78, 5) is 35.5. The molecule has 1 aromatic carbocycles. The smallest absolute Gasteiger partial charge is 0.302 e. The fourth-order valence-corrected chi connectivity index (χ4v) is 4.06. The second kappa shape index (κ2) is 13.1. The van der Waals surface area contributed by atoms with Crippen LogP contribution in [-0.4, -0.2) is 23.6 Å². The predicted molar refractivity (Wildman–Crippen MR) is 120 cm³/mol. The Balaban J connectivity index is 1.46. The molecule has 0 radical (unpaired) electrons. The summed E-state index contributed by atoms with van der Waals surface area (Å²) in [6.07, 6.45) is 15.1. The molecule has 1 aliphatic carbocycles. The van der Waals surface area contributed by atoms with Crippen LogP contribution in [0.1, 0.15) is 112 Å². The van der Waals surface area contributed by atoms with Gasteiger partial charge in [-0.05, 0) is 38.7 Å². The van der Waals surface area contributed by atoms with Crippen LogP contribution in [0.5, 0.6) is 0 Å². The number of allylic oxidation sites excluding steroid dienone is 2. The zero-order valence-corrected chi connectivity index (χ0v) is 18.6. The van der Waals surface area contributed by atoms with Crippen LogP contribution in [0.2, 0.25) is 0 Å². The van der Waals surface area contributed by atoms with E-state index in [9.17, 15) is 14.4 Å². The normalized spacial score (nSPS) is 14.3. The minimum atomic E-state index is -0.191. The lowest BCUT2D eigenvalue weighted by Gasteiger charge is -2.14. The molecule has 1 aliphatic rings. The molecule has 30 heavy (non-hydrogen) atoms. The van der Waals surface area contributed by atoms with E-state index in [1.54, 1.807) is 18.2 Å². The van der Waals surface area contributed by atoms with Gasteiger partial charge < -0.3 is 4.74 Å². The van der Waals surface area contributed by atoms with Crippen LogP contribution in [0, 0.1) is 0 Å². The van der Waals surface area contributed by atoms with Crippen LogP contribution >= 0.6 is 0 Å². The highest BCUT2D eigenvalue weighted by molar-refractivity contribution is 6.24. The Kier molecular flexibility index (Phi) is 10.5. The van der Waals surface area contributed by atoms with Crippen molar-refractivity contribution in [1.82, 2.24) is 0 Å². The number of unbranched alkanes of at least 4 members (excludes halogenated alkanes) is 9. The summed E-state index contributed by atoms with van der Waals surface area (Å²) in [6.45, 7) is 3.42. The van der Waals surface area contributed by atoms with Crippen molar-refractivity contribution in [3.8, 4) is 0 Å². The molecule has 0 aliphatic heterocycles. The number of esters is 1. The van der Waals surface area contributed by atoms with Gasteiger partial charge in [-0.3, -0.25) is 14.4 Å². The molecule has 164 valence electrons. The largest absolute Gasteiger partial charge is 0.463 e. The quantitative estimate of drug-likeness (QED) is 0.254. The van der Waals surface area contributed by atoms with Gasteiger partial charge in [-0.2, -0.15) is 0 Å². The summed E-state index contributed by atoms with van der Waals surface area (Å²) in [5.41, 5.74) is 1.76. The Hall–Kier alpha value is -2.23. The Morgan fingerprint density at radius 2 is 1.37 bits per heavy atom. The molecule has 0 aromatic heterocycles. The van der Waals surface area contributed by atoms with Crippen molar-refractivity contribution < 1.29 is 19.1 Å². The topological polar surface area (TPSA) is 60.4 Å². The fraction of sp³-hybridized carbons (Fsp3) is 0.577. The van der Waals surface area contributed by atoms with Gasteiger partial charge in [-0.15, -0.1) is 0 Å². The highest BCUT2D eigenvalue weighted by Gasteiger charge is 2.24. The van der Waals surface area contributed by atoms with Crippen molar-refractivity contribution in [1.29, 1.82) is 0 Å². The summed E-state index contributed by atoms with van der Waals surface area (Å²) < 4.78 is 5.13. The lowest BCUT2D eigenvalue weighted by molar-refractivity contribution is -0.145. The molecular formula is C26H36O4. The maximum absolute atomic E-state index is 12.5. The monoisotopic (exact) mass is 412 g/mol. The molecule has 0 N–H and O–H groups in total. The van der Waals surface area contributed by atoms with E-state index in [-0.39, 0.29) is 23.6 Å². The number of Topliss-reactive ketones (excluding diaryl/α,β-unsaturated/α-hetero) is 1. The van der Waals surface area contributed by atoms with Crippen LogP contribution in [0.3, 0.4) is 0 Å². The van der Waals surface area contributed by atoms with Crippen LogP contribution < -0.4 is 0 Å². The van der Waals surface area contributed by atoms with Gasteiger partial charge in [0.2, 0.25) is 0 Å². The Bertz CT molecular complexity index is 747. The average molecular weight is 413 g/mol. The number of hydrogen-bond acceptors (Lipinski definition) is 4. The standard InChI is InChI=1S/C26H36O4/c1-20(30-21(2)27)15-11-9-7-5-3-4-6-8-10-12-16-22-19-25(28)23-17-13-14-18-24(23)26(22)29/h13-14,17-20H,3-12,15-16H2,1-2H3. The first-order valence-corrected chi connectivity index (χ1v) is 11.5. The van der Waals surface area contributed by atoms with Crippen molar-refractivity contribution in [2.75, 3.05) is 0 Å². The average Bonchev–Trinajstić information content (AvgIpc) is 2.71. The van der Waals surface area contributed by atoms with E-state index in [2.05, 4.69) is 0 Å². The molecule has 0 saturated carbocycles. The van der Waals surface area contributed by atoms with E-state index in [4.69, 9.17) is 4.74 Å². The number of fused-ring (bicyclic) bond motifs is 1. The van der Waals surface area contributed by atoms with E-state index >= 15 is 0 Å². The van der Waals surface area contributed by atoms with E-state index in [0.29, 0.717) is 23.1 Å². The number of carbonyl (C=O) groups is 3. The van der Waals surface area contributed by atoms with Gasteiger partial charge in [-0.1, -0.05) is 75.6 Å². The summed E-state index contributed by atoms with van der Waals surface area (Å²) in [5.74, 6) is -0.211. The summed E-state index contributed by atoms with van der Waals surface area (Å²) in [7, 11) is 0. The minimum Gasteiger partial charge on any atom is -0.463 e. The maximum Gasteiger partial charge on any atom is 0.302 e. The number of hydrogen-bond donors (Lipinski definition) is 0. The highest BCUT2D eigenvalue weighted by Crippen LogP contribution is 2.24. The first-order valence-electron chi connectivity index (χ1n) is 11.5. The Labute approximate surface area is 181 Å². The third-order valence-corrected chi connectivity index (χ3v) is 5.71. The highest BCUT2D eigenvalue weighted by atomic mass is 16.5. The van der Waals surface area contributed by atoms with Crippen molar-refractivity contribution in [2.24, 2.45) is 0 Å². The van der Waals surface area contributed by atoms with Gasteiger partial charge in [-0.25, -0.2) is 0 Å². The van der Waals surface area contributed by atoms with Crippen molar-refractivity contribution in [3.05, 3.63) is 47.0 Å². The number of benzene rings is 1. The van der Waals surface area contributed by atoms with Crippen molar-refractivity contribution >= 4 is 17.5 Å². The molecule has 0 saturated heterocycles. The number of carbonyl (C=O) groups excluding carboxylic acids is 3. The maximum atomic E-state index is 12.5. The van der Waals surface area contributed by atoms with Crippen LogP contribution in [0.25, 0.3) is 0 Å². The minimum absolute atomic E-state index is 0.0208. The lowest BCUT2D eigenvalue weighted by atomic mass is 9.87. The lowest BCUT2D eigenvalue weighted by Crippen LogP contribution is -2.16. The van der Waals surface area contributed by atoms with Crippen LogP contribution in [0.15, 0.2) is 35.9 Å². The molecule has 1 unspecified atom stereocenters. The number of ether oxygens (including phenoxy) is 1. The summed E-state index contributed by atoms with van der Waals surface area (Å²) in [6, 6.07) is 7.10. The summed E-state index contributed by atoms with van der Waals surface area (Å²) in [5, 5.41) is 0. The zero-order valence-electron chi connectivity index (χ0n) is 18.6. The summed E-state index contributed by atoms with van der Waals surface area (Å²) >= 11 is 0. The van der Waals surface area contributed by atoms with Gasteiger partial charge in [0, 0.05) is 23.6 Å². The van der Waals surface area contributed by atoms with E-state index < -0.39 is 0 Å². The first kappa shape index (κ1) is 24.0. The third-order valence-electron chi connectivity index (χ3n) is 5.71. The first-order chi connectivity index (χ1) is 14.5. The van der Waals surface area contributed by atoms with E-state index in [0.717, 1.165) is 25.7 Å². The van der Waals surface area contributed by atoms with Gasteiger partial charge in [0.05, 0.1) is 6.10 Å². The molecule has 4 nitrogen and oxygen atoms in total. The SMILES string of the molecule is CC(=O)OC(C)CCCCCCCCCCCCC1=CC(=O)c2ccccc2C1=O. The molecule has 0 bridgehead atoms. The zero-order chi connectivity index (χ0) is 21.8. The molecule has 4 heteroatoms. The molecule has 0 amide bonds. The van der Waals surface area contributed by atoms with Crippen LogP contribution in [0.4, 0.5) is 0 Å². The molecule has 1 atom stereocenters. The van der Waals surface area contributed by atoms with Gasteiger partial charge in [0.25, 0.3) is 0 Å². The van der Waals surface area contributed by atoms with Gasteiger partial charge in [0.1, 0.15) is 0 Å². The molecule has 0 fully saturated rings. The van der Waals surface area contributed by atoms with Gasteiger partial charge in [0.15, 0.2) is 11.6 Å². The van der Waals surface area contributed by atoms with Crippen LogP contribution in [-0.2, 0) is 9.53 Å². The molecule has 1 aromatic rings. The predicted octanol–water partition coefficient (Wildman–Crippen LogP) is 6.62. The fourth-order valence-electron chi connectivity index (χ4n) is 4.06. The second-order valence-electron chi connectivity index (χ2n) is 8.40. The van der Waals surface area contributed by atoms with E-state index in [1.807, 2.05) is 13.0 Å². The molecule has 0 heterocycles. The van der Waals surface area contributed by atoms with E-state index in [1.165, 1.54) is 57.9 Å². The second-order valence-corrected chi connectivity index (χ2v) is 8.40. The molecular weight excluding hydrogens is 376 g/mol. The molecule has 0 spiro atoms. The number of rotatable bonds is 14. The number of ketones is 2. The molecule has 2 rings (SSSR count). The van der Waals surface area contributed by atoms with Crippen molar-refractivity contribution in [2.45, 2.75) is 97.0 Å². The third kappa shape index (κ3) is 8.25. The van der Waals surface area contributed by atoms with Gasteiger partial charge >= 0.3 is 5.97 Å². The van der Waals surface area contributed by atoms with Crippen molar-refractivity contribution in [3.63, 3.8) is 0 Å². The Morgan fingerprint density at radius 3 is 1.97 bits per heavy atom.